The van der Waals surface area contributed by atoms with E-state index >= 15 is 0 Å². The van der Waals surface area contributed by atoms with E-state index in [1.54, 1.807) is 24.3 Å². The van der Waals surface area contributed by atoms with Crippen molar-refractivity contribution in [1.82, 2.24) is 0 Å². The van der Waals surface area contributed by atoms with Crippen molar-refractivity contribution in [1.29, 1.82) is 0 Å². The molecule has 4 aliphatic heterocycles. The fraction of sp³-hybridized carbons (Fsp3) is 0.600. The Morgan fingerprint density at radius 1 is 0.488 bits per heavy atom. The third-order valence-electron chi connectivity index (χ3n) is 7.26. The number of carbonyl (C=O) groups is 4. The molecule has 43 heavy (non-hydrogen) atoms. The molecule has 0 amide bonds. The minimum Gasteiger partial charge on any atom is -0.463 e. The summed E-state index contributed by atoms with van der Waals surface area (Å²) in [5.41, 5.74) is 0. The molecule has 4 aliphatic rings. The third-order valence-corrected chi connectivity index (χ3v) is 7.26. The predicted octanol–water partition coefficient (Wildman–Crippen LogP) is 0.720. The predicted molar refractivity (Wildman–Crippen MR) is 146 cm³/mol. The Labute approximate surface area is 249 Å². The lowest BCUT2D eigenvalue weighted by Gasteiger charge is -2.22. The highest BCUT2D eigenvalue weighted by molar-refractivity contribution is 5.85. The highest BCUT2D eigenvalue weighted by atomic mass is 16.6. The first-order valence-corrected chi connectivity index (χ1v) is 14.3. The van der Waals surface area contributed by atoms with Crippen LogP contribution in [0.5, 0.6) is 0 Å². The number of hydrogen-bond donors (Lipinski definition) is 0. The van der Waals surface area contributed by atoms with Crippen LogP contribution in [0.1, 0.15) is 0 Å². The van der Waals surface area contributed by atoms with Gasteiger partial charge < -0.3 is 42.6 Å². The third kappa shape index (κ3) is 8.39. The minimum atomic E-state index is -0.758. The van der Waals surface area contributed by atoms with Crippen LogP contribution in [0, 0.1) is 23.7 Å². The van der Waals surface area contributed by atoms with Crippen LogP contribution in [0.3, 0.4) is 0 Å². The summed E-state index contributed by atoms with van der Waals surface area (Å²) < 4.78 is 48.4. The van der Waals surface area contributed by atoms with E-state index in [9.17, 15) is 19.2 Å². The van der Waals surface area contributed by atoms with E-state index in [0.717, 1.165) is 0 Å². The van der Waals surface area contributed by atoms with Crippen molar-refractivity contribution in [3.05, 3.63) is 49.6 Å². The van der Waals surface area contributed by atoms with Gasteiger partial charge in [-0.05, 0) is 0 Å². The second-order valence-corrected chi connectivity index (χ2v) is 10.0. The maximum absolute atomic E-state index is 12.6. The maximum atomic E-state index is 12.6. The Balaban J connectivity index is 0.990. The molecule has 2 fully saturated rings. The fourth-order valence-electron chi connectivity index (χ4n) is 5.35. The summed E-state index contributed by atoms with van der Waals surface area (Å²) in [6.07, 6.45) is 7.92. The van der Waals surface area contributed by atoms with Gasteiger partial charge in [-0.2, -0.15) is 0 Å². The summed E-state index contributed by atoms with van der Waals surface area (Å²) in [4.78, 5) is 49.9. The van der Waals surface area contributed by atoms with Crippen molar-refractivity contribution in [2.24, 2.45) is 23.7 Å². The molecule has 0 radical (unpaired) electrons. The van der Waals surface area contributed by atoms with Gasteiger partial charge in [-0.3, -0.25) is 19.2 Å². The molecule has 0 N–H and O–H groups in total. The molecule has 13 nitrogen and oxygen atoms in total. The van der Waals surface area contributed by atoms with E-state index in [4.69, 9.17) is 42.6 Å². The van der Waals surface area contributed by atoms with Crippen LogP contribution in [-0.4, -0.2) is 114 Å². The van der Waals surface area contributed by atoms with E-state index in [0.29, 0.717) is 13.2 Å². The van der Waals surface area contributed by atoms with Crippen molar-refractivity contribution in [3.63, 3.8) is 0 Å². The lowest BCUT2D eigenvalue weighted by molar-refractivity contribution is -0.160. The second-order valence-electron chi connectivity index (χ2n) is 10.0. The number of fused-ring (bicyclic) bond motifs is 4. The van der Waals surface area contributed by atoms with Gasteiger partial charge in [0, 0.05) is 0 Å². The molecule has 4 heterocycles. The van der Waals surface area contributed by atoms with E-state index in [-0.39, 0.29) is 52.9 Å². The lowest BCUT2D eigenvalue weighted by Crippen LogP contribution is -2.38. The smallest absolute Gasteiger partial charge is 0.313 e. The zero-order chi connectivity index (χ0) is 30.6. The minimum absolute atomic E-state index is 0.0219. The molecule has 13 heteroatoms. The molecule has 0 aromatic rings. The molecular formula is C30H38O13. The SMILES string of the molecule is C=CCOC(=O)[C@@H]1[C@H](C(=O)OCCOCCOCCOCCOC(=O)[C@@H]2[C@H](C(=O)OCC=C)[C@H]3C=C[C@@H]2O3)[C@H]2C=C[C@@H]1O2. The number of carbonyl (C=O) groups excluding carboxylic acids is 4. The summed E-state index contributed by atoms with van der Waals surface area (Å²) >= 11 is 0. The van der Waals surface area contributed by atoms with Crippen LogP contribution in [-0.2, 0) is 61.8 Å². The van der Waals surface area contributed by atoms with Crippen molar-refractivity contribution >= 4 is 23.9 Å². The van der Waals surface area contributed by atoms with Crippen molar-refractivity contribution in [3.8, 4) is 0 Å². The first kappa shape index (κ1) is 32.6. The molecule has 0 aliphatic carbocycles. The van der Waals surface area contributed by atoms with Crippen molar-refractivity contribution < 1.29 is 61.8 Å². The number of rotatable bonds is 20. The molecule has 4 bridgehead atoms. The number of ether oxygens (including phenoxy) is 9. The number of hydrogen-bond acceptors (Lipinski definition) is 13. The number of esters is 4. The average Bonchev–Trinajstić information content (AvgIpc) is 3.82. The van der Waals surface area contributed by atoms with Gasteiger partial charge in [-0.15, -0.1) is 0 Å². The molecule has 236 valence electrons. The van der Waals surface area contributed by atoms with Crippen LogP contribution in [0.4, 0.5) is 0 Å². The van der Waals surface area contributed by atoms with Crippen LogP contribution in [0.15, 0.2) is 49.6 Å². The summed E-state index contributed by atoms with van der Waals surface area (Å²) in [7, 11) is 0. The topological polar surface area (TPSA) is 151 Å². The van der Waals surface area contributed by atoms with E-state index in [1.165, 1.54) is 12.2 Å². The Kier molecular flexibility index (Phi) is 12.5. The fourth-order valence-corrected chi connectivity index (χ4v) is 5.35. The summed E-state index contributed by atoms with van der Waals surface area (Å²) in [6, 6.07) is 0. The Morgan fingerprint density at radius 2 is 0.767 bits per heavy atom. The van der Waals surface area contributed by atoms with E-state index < -0.39 is 72.0 Å². The molecule has 0 aromatic heterocycles. The zero-order valence-electron chi connectivity index (χ0n) is 23.9. The van der Waals surface area contributed by atoms with Crippen LogP contribution >= 0.6 is 0 Å². The van der Waals surface area contributed by atoms with Gasteiger partial charge in [0.1, 0.15) is 50.1 Å². The van der Waals surface area contributed by atoms with Crippen LogP contribution in [0.2, 0.25) is 0 Å². The van der Waals surface area contributed by atoms with Gasteiger partial charge in [-0.1, -0.05) is 49.6 Å². The standard InChI is InChI=1S/C30H38O13/c1-3-9-38-27(31)23-19-5-7-21(42-19)25(23)29(33)40-17-15-36-13-11-35-12-14-37-16-18-41-30(34)26-22-8-6-20(43-22)24(26)28(32)39-10-4-2/h3-8,19-26H,1-2,9-18H2/t19-,20+,21+,22-,23-,24+,25+,26-. The van der Waals surface area contributed by atoms with Crippen molar-refractivity contribution in [2.45, 2.75) is 24.4 Å². The molecule has 4 rings (SSSR count). The quantitative estimate of drug-likeness (QED) is 0.0829. The Bertz CT molecular complexity index is 986. The molecule has 0 spiro atoms. The molecule has 0 saturated carbocycles. The lowest BCUT2D eigenvalue weighted by atomic mass is 9.83. The molecule has 0 unspecified atom stereocenters. The Hall–Kier alpha value is -3.36. The van der Waals surface area contributed by atoms with Gasteiger partial charge in [0.15, 0.2) is 0 Å². The van der Waals surface area contributed by atoms with Gasteiger partial charge in [-0.25, -0.2) is 0 Å². The molecule has 0 aromatic carbocycles. The van der Waals surface area contributed by atoms with Crippen molar-refractivity contribution in [2.75, 3.05) is 66.1 Å². The van der Waals surface area contributed by atoms with Gasteiger partial charge in [0.05, 0.1) is 64.1 Å². The van der Waals surface area contributed by atoms with Crippen LogP contribution in [0.25, 0.3) is 0 Å². The van der Waals surface area contributed by atoms with Gasteiger partial charge >= 0.3 is 23.9 Å². The monoisotopic (exact) mass is 606 g/mol. The summed E-state index contributed by atoms with van der Waals surface area (Å²) in [5.74, 6) is -5.11. The average molecular weight is 607 g/mol. The van der Waals surface area contributed by atoms with Gasteiger partial charge in [0.25, 0.3) is 0 Å². The zero-order valence-corrected chi connectivity index (χ0v) is 23.9. The highest BCUT2D eigenvalue weighted by Crippen LogP contribution is 2.41. The molecule has 8 atom stereocenters. The molecule has 2 saturated heterocycles. The highest BCUT2D eigenvalue weighted by Gasteiger charge is 2.55. The molecular weight excluding hydrogens is 568 g/mol. The van der Waals surface area contributed by atoms with E-state index in [1.807, 2.05) is 0 Å². The summed E-state index contributed by atoms with van der Waals surface area (Å²) in [5, 5.41) is 0. The maximum Gasteiger partial charge on any atom is 0.313 e. The summed E-state index contributed by atoms with van der Waals surface area (Å²) in [6.45, 7) is 8.68. The van der Waals surface area contributed by atoms with E-state index in [2.05, 4.69) is 13.2 Å². The first-order chi connectivity index (χ1) is 21.0. The van der Waals surface area contributed by atoms with Crippen LogP contribution < -0.4 is 0 Å². The second kappa shape index (κ2) is 16.5. The normalized spacial score (nSPS) is 29.4. The largest absolute Gasteiger partial charge is 0.463 e. The Morgan fingerprint density at radius 3 is 1.07 bits per heavy atom. The first-order valence-electron chi connectivity index (χ1n) is 14.3. The van der Waals surface area contributed by atoms with Gasteiger partial charge in [0.2, 0.25) is 0 Å².